The molecule has 0 unspecified atom stereocenters. The summed E-state index contributed by atoms with van der Waals surface area (Å²) in [5, 5.41) is 9.57. The van der Waals surface area contributed by atoms with Crippen molar-refractivity contribution < 1.29 is 4.42 Å². The number of para-hydroxylation sites is 1. The molecule has 0 atom stereocenters. The molecule has 0 aliphatic heterocycles. The van der Waals surface area contributed by atoms with Crippen molar-refractivity contribution in [3.63, 3.8) is 0 Å². The maximum atomic E-state index is 5.42. The Bertz CT molecular complexity index is 1180. The van der Waals surface area contributed by atoms with Crippen molar-refractivity contribution in [1.29, 1.82) is 0 Å². The molecule has 5 rings (SSSR count). The van der Waals surface area contributed by atoms with Crippen molar-refractivity contribution in [1.82, 2.24) is 29.9 Å². The van der Waals surface area contributed by atoms with Gasteiger partial charge in [-0.15, -0.1) is 5.10 Å². The van der Waals surface area contributed by atoms with Crippen LogP contribution in [0.5, 0.6) is 0 Å². The molecule has 0 aliphatic carbocycles. The molecule has 0 fully saturated rings. The Hall–Kier alpha value is -3.61. The van der Waals surface area contributed by atoms with Gasteiger partial charge in [-0.05, 0) is 24.3 Å². The Morgan fingerprint density at radius 2 is 1.92 bits per heavy atom. The zero-order valence-electron chi connectivity index (χ0n) is 13.1. The lowest BCUT2D eigenvalue weighted by Gasteiger charge is -2.04. The minimum absolute atomic E-state index is 0.482. The van der Waals surface area contributed by atoms with Crippen LogP contribution in [0.2, 0.25) is 0 Å². The highest BCUT2D eigenvalue weighted by molar-refractivity contribution is 5.84. The molecule has 0 spiro atoms. The molecule has 0 saturated heterocycles. The van der Waals surface area contributed by atoms with Crippen molar-refractivity contribution in [2.45, 2.75) is 6.54 Å². The third-order valence-electron chi connectivity index (χ3n) is 4.02. The monoisotopic (exact) mass is 328 g/mol. The Morgan fingerprint density at radius 1 is 0.960 bits per heavy atom. The SMILES string of the molecule is c1coc(-c2ncnc3c2nnn3Cc2ccc3ccccc3n2)c1. The number of benzene rings is 1. The van der Waals surface area contributed by atoms with Crippen LogP contribution in [0, 0.1) is 0 Å². The number of rotatable bonds is 3. The standard InChI is InChI=1S/C18H12N6O/c1-2-5-14-12(4-1)7-8-13(21-14)10-24-18-17(22-23-24)16(19-11-20-18)15-6-3-9-25-15/h1-9,11H,10H2. The summed E-state index contributed by atoms with van der Waals surface area (Å²) in [6.45, 7) is 0.482. The van der Waals surface area contributed by atoms with Gasteiger partial charge in [-0.3, -0.25) is 4.98 Å². The summed E-state index contributed by atoms with van der Waals surface area (Å²) in [5.41, 5.74) is 3.74. The molecule has 7 heteroatoms. The van der Waals surface area contributed by atoms with Crippen molar-refractivity contribution in [3.8, 4) is 11.5 Å². The lowest BCUT2D eigenvalue weighted by molar-refractivity contribution is 0.580. The van der Waals surface area contributed by atoms with E-state index >= 15 is 0 Å². The van der Waals surface area contributed by atoms with Gasteiger partial charge >= 0.3 is 0 Å². The van der Waals surface area contributed by atoms with Gasteiger partial charge in [0.15, 0.2) is 16.9 Å². The number of hydrogen-bond donors (Lipinski definition) is 0. The number of pyridine rings is 1. The van der Waals surface area contributed by atoms with Crippen LogP contribution in [0.4, 0.5) is 0 Å². The first-order valence-corrected chi connectivity index (χ1v) is 7.81. The summed E-state index contributed by atoms with van der Waals surface area (Å²) in [7, 11) is 0. The summed E-state index contributed by atoms with van der Waals surface area (Å²) >= 11 is 0. The summed E-state index contributed by atoms with van der Waals surface area (Å²) in [6, 6.07) is 15.7. The minimum atomic E-state index is 0.482. The summed E-state index contributed by atoms with van der Waals surface area (Å²) in [6.07, 6.45) is 3.10. The predicted molar refractivity (Wildman–Crippen MR) is 91.7 cm³/mol. The Labute approximate surface area is 142 Å². The fourth-order valence-electron chi connectivity index (χ4n) is 2.84. The van der Waals surface area contributed by atoms with E-state index < -0.39 is 0 Å². The normalized spacial score (nSPS) is 11.4. The molecule has 0 saturated carbocycles. The third-order valence-corrected chi connectivity index (χ3v) is 4.02. The molecule has 1 aromatic carbocycles. The molecule has 120 valence electrons. The largest absolute Gasteiger partial charge is 0.463 e. The maximum Gasteiger partial charge on any atom is 0.182 e. The number of aromatic nitrogens is 6. The smallest absolute Gasteiger partial charge is 0.182 e. The quantitative estimate of drug-likeness (QED) is 0.506. The molecule has 4 heterocycles. The second-order valence-electron chi connectivity index (χ2n) is 5.61. The van der Waals surface area contributed by atoms with Crippen LogP contribution in [-0.2, 0) is 6.54 Å². The van der Waals surface area contributed by atoms with E-state index in [-0.39, 0.29) is 0 Å². The van der Waals surface area contributed by atoms with Crippen LogP contribution in [0.1, 0.15) is 5.69 Å². The molecule has 4 aromatic heterocycles. The zero-order chi connectivity index (χ0) is 16.6. The molecule has 0 bridgehead atoms. The first kappa shape index (κ1) is 13.8. The van der Waals surface area contributed by atoms with Gasteiger partial charge in [0.05, 0.1) is 24.0 Å². The maximum absolute atomic E-state index is 5.42. The van der Waals surface area contributed by atoms with E-state index in [1.54, 1.807) is 10.9 Å². The van der Waals surface area contributed by atoms with E-state index in [1.165, 1.54) is 6.33 Å². The van der Waals surface area contributed by atoms with E-state index in [1.807, 2.05) is 42.5 Å². The van der Waals surface area contributed by atoms with Crippen LogP contribution < -0.4 is 0 Å². The lowest BCUT2D eigenvalue weighted by atomic mass is 10.2. The van der Waals surface area contributed by atoms with E-state index in [2.05, 4.69) is 31.3 Å². The van der Waals surface area contributed by atoms with Crippen molar-refractivity contribution >= 4 is 22.1 Å². The van der Waals surface area contributed by atoms with Crippen LogP contribution in [-0.4, -0.2) is 29.9 Å². The van der Waals surface area contributed by atoms with Crippen LogP contribution in [0.25, 0.3) is 33.5 Å². The second-order valence-corrected chi connectivity index (χ2v) is 5.61. The van der Waals surface area contributed by atoms with Crippen molar-refractivity contribution in [3.05, 3.63) is 66.8 Å². The van der Waals surface area contributed by atoms with E-state index in [9.17, 15) is 0 Å². The van der Waals surface area contributed by atoms with Crippen LogP contribution >= 0.6 is 0 Å². The fourth-order valence-corrected chi connectivity index (χ4v) is 2.84. The highest BCUT2D eigenvalue weighted by atomic mass is 16.3. The van der Waals surface area contributed by atoms with Crippen LogP contribution in [0.15, 0.2) is 65.5 Å². The summed E-state index contributed by atoms with van der Waals surface area (Å²) < 4.78 is 7.15. The fraction of sp³-hybridized carbons (Fsp3) is 0.0556. The molecule has 25 heavy (non-hydrogen) atoms. The molecule has 7 nitrogen and oxygen atoms in total. The van der Waals surface area contributed by atoms with Gasteiger partial charge in [0.25, 0.3) is 0 Å². The summed E-state index contributed by atoms with van der Waals surface area (Å²) in [5.74, 6) is 0.642. The number of nitrogens with zero attached hydrogens (tertiary/aromatic N) is 6. The lowest BCUT2D eigenvalue weighted by Crippen LogP contribution is -2.05. The molecule has 0 N–H and O–H groups in total. The first-order chi connectivity index (χ1) is 12.4. The molecular formula is C18H12N6O. The number of furan rings is 1. The van der Waals surface area contributed by atoms with E-state index in [0.717, 1.165) is 16.6 Å². The molecule has 0 radical (unpaired) electrons. The third kappa shape index (κ3) is 2.33. The molecule has 0 amide bonds. The van der Waals surface area contributed by atoms with Gasteiger partial charge in [-0.1, -0.05) is 29.5 Å². The Balaban J connectivity index is 1.57. The van der Waals surface area contributed by atoms with E-state index in [0.29, 0.717) is 29.2 Å². The number of fused-ring (bicyclic) bond motifs is 2. The van der Waals surface area contributed by atoms with Crippen molar-refractivity contribution in [2.24, 2.45) is 0 Å². The van der Waals surface area contributed by atoms with Gasteiger partial charge in [-0.2, -0.15) is 0 Å². The van der Waals surface area contributed by atoms with Crippen molar-refractivity contribution in [2.75, 3.05) is 0 Å². The van der Waals surface area contributed by atoms with Gasteiger partial charge < -0.3 is 4.42 Å². The minimum Gasteiger partial charge on any atom is -0.463 e. The second kappa shape index (κ2) is 5.48. The van der Waals surface area contributed by atoms with Gasteiger partial charge in [0, 0.05) is 5.39 Å². The van der Waals surface area contributed by atoms with Gasteiger partial charge in [-0.25, -0.2) is 14.6 Å². The highest BCUT2D eigenvalue weighted by Crippen LogP contribution is 2.24. The Morgan fingerprint density at radius 3 is 2.84 bits per heavy atom. The summed E-state index contributed by atoms with van der Waals surface area (Å²) in [4.78, 5) is 13.3. The number of hydrogen-bond acceptors (Lipinski definition) is 6. The highest BCUT2D eigenvalue weighted by Gasteiger charge is 2.15. The average molecular weight is 328 g/mol. The molecular weight excluding hydrogens is 316 g/mol. The van der Waals surface area contributed by atoms with E-state index in [4.69, 9.17) is 4.42 Å². The Kier molecular flexibility index (Phi) is 3.03. The zero-order valence-corrected chi connectivity index (χ0v) is 13.1. The molecule has 0 aliphatic rings. The topological polar surface area (TPSA) is 82.5 Å². The first-order valence-electron chi connectivity index (χ1n) is 7.81. The van der Waals surface area contributed by atoms with Gasteiger partial charge in [0.2, 0.25) is 0 Å². The average Bonchev–Trinajstić information content (AvgIpc) is 3.32. The predicted octanol–water partition coefficient (Wildman–Crippen LogP) is 3.08. The van der Waals surface area contributed by atoms with Crippen LogP contribution in [0.3, 0.4) is 0 Å². The molecule has 5 aromatic rings. The van der Waals surface area contributed by atoms with Gasteiger partial charge in [0.1, 0.15) is 12.0 Å².